The molecule has 0 unspecified atom stereocenters. The lowest BCUT2D eigenvalue weighted by Crippen LogP contribution is -2.67. The Labute approximate surface area is 293 Å². The molecule has 0 spiro atoms. The first-order chi connectivity index (χ1) is 22.8. The first-order valence-electron chi connectivity index (χ1n) is 15.6. The Hall–Kier alpha value is -3.36. The minimum Gasteiger partial charge on any atom is -0.451 e. The van der Waals surface area contributed by atoms with Gasteiger partial charge in [-0.15, -0.1) is 11.8 Å². The molecule has 1 amide bonds. The fourth-order valence-electron chi connectivity index (χ4n) is 6.39. The molecule has 1 saturated heterocycles. The van der Waals surface area contributed by atoms with Crippen LogP contribution in [-0.2, 0) is 24.6 Å². The van der Waals surface area contributed by atoms with Crippen LogP contribution in [0.25, 0.3) is 0 Å². The molecule has 0 radical (unpaired) electrons. The number of fused-ring (bicyclic) bond motifs is 4. The van der Waals surface area contributed by atoms with E-state index >= 15 is 4.39 Å². The zero-order valence-corrected chi connectivity index (χ0v) is 30.2. The van der Waals surface area contributed by atoms with Gasteiger partial charge in [-0.05, 0) is 48.9 Å². The number of carbonyl (C=O) groups excluding carboxylic acids is 2. The third kappa shape index (κ3) is 6.88. The van der Waals surface area contributed by atoms with E-state index in [0.29, 0.717) is 12.0 Å². The zero-order chi connectivity index (χ0) is 34.5. The number of ether oxygens (including phenoxy) is 3. The summed E-state index contributed by atoms with van der Waals surface area (Å²) >= 11 is 1.35. The molecule has 0 bridgehead atoms. The molecule has 0 aliphatic carbocycles. The SMILES string of the molecule is CC(C)C[C@H](N)C(=O)OCOc1c2n(cc(P(C)(C)=O)c1=O)N([C@@H]1c3ccccc3SCc3c1ccc(F)c3F)[C@@H]1COCCN1C2=O.S. The summed E-state index contributed by atoms with van der Waals surface area (Å²) < 4.78 is 62.2. The lowest BCUT2D eigenvalue weighted by molar-refractivity contribution is -0.152. The highest BCUT2D eigenvalue weighted by Crippen LogP contribution is 2.45. The van der Waals surface area contributed by atoms with Crippen LogP contribution in [0.4, 0.5) is 8.78 Å². The van der Waals surface area contributed by atoms with Crippen molar-refractivity contribution in [2.45, 2.75) is 49.2 Å². The van der Waals surface area contributed by atoms with Crippen molar-refractivity contribution in [3.05, 3.63) is 86.8 Å². The van der Waals surface area contributed by atoms with Gasteiger partial charge in [0.15, 0.2) is 17.3 Å². The molecule has 3 aliphatic rings. The lowest BCUT2D eigenvalue weighted by Gasteiger charge is -2.51. The van der Waals surface area contributed by atoms with E-state index in [0.717, 1.165) is 16.5 Å². The van der Waals surface area contributed by atoms with Crippen LogP contribution in [-0.4, -0.2) is 73.5 Å². The van der Waals surface area contributed by atoms with Gasteiger partial charge in [0.2, 0.25) is 18.0 Å². The Morgan fingerprint density at radius 1 is 1.14 bits per heavy atom. The number of rotatable bonds is 8. The second-order valence-electron chi connectivity index (χ2n) is 12.8. The summed E-state index contributed by atoms with van der Waals surface area (Å²) in [5.74, 6) is -3.46. The van der Waals surface area contributed by atoms with Gasteiger partial charge in [0.1, 0.15) is 19.3 Å². The van der Waals surface area contributed by atoms with Gasteiger partial charge in [0.05, 0.1) is 24.6 Å². The van der Waals surface area contributed by atoms with Crippen LogP contribution in [0, 0.1) is 17.6 Å². The maximum absolute atomic E-state index is 15.5. The third-order valence-electron chi connectivity index (χ3n) is 8.64. The molecule has 264 valence electrons. The summed E-state index contributed by atoms with van der Waals surface area (Å²) in [6.07, 6.45) is 0.948. The largest absolute Gasteiger partial charge is 0.451 e. The molecule has 6 rings (SSSR count). The minimum absolute atomic E-state index is 0. The quantitative estimate of drug-likeness (QED) is 0.207. The summed E-state index contributed by atoms with van der Waals surface area (Å²) in [4.78, 5) is 43.2. The predicted molar refractivity (Wildman–Crippen MR) is 187 cm³/mol. The van der Waals surface area contributed by atoms with Crippen molar-refractivity contribution in [1.29, 1.82) is 0 Å². The van der Waals surface area contributed by atoms with Crippen LogP contribution in [0.1, 0.15) is 53.5 Å². The number of hydrogen-bond acceptors (Lipinski definition) is 10. The molecular formula is C33H39F2N4O7PS2. The molecule has 11 nitrogen and oxygen atoms in total. The lowest BCUT2D eigenvalue weighted by atomic mass is 9.93. The molecule has 3 aromatic rings. The summed E-state index contributed by atoms with van der Waals surface area (Å²) in [5.41, 5.74) is 6.32. The van der Waals surface area contributed by atoms with Crippen molar-refractivity contribution in [2.75, 3.05) is 44.9 Å². The number of benzene rings is 2. The number of morpholine rings is 1. The molecule has 1 fully saturated rings. The van der Waals surface area contributed by atoms with Crippen molar-refractivity contribution in [1.82, 2.24) is 9.58 Å². The molecule has 49 heavy (non-hydrogen) atoms. The third-order valence-corrected chi connectivity index (χ3v) is 11.2. The molecule has 3 aliphatic heterocycles. The number of aromatic nitrogens is 1. The molecule has 3 atom stereocenters. The van der Waals surface area contributed by atoms with E-state index in [1.807, 2.05) is 38.1 Å². The predicted octanol–water partition coefficient (Wildman–Crippen LogP) is 3.89. The van der Waals surface area contributed by atoms with Gasteiger partial charge >= 0.3 is 5.97 Å². The smallest absolute Gasteiger partial charge is 0.325 e. The van der Waals surface area contributed by atoms with Gasteiger partial charge in [-0.25, -0.2) is 8.78 Å². The Kier molecular flexibility index (Phi) is 10.9. The van der Waals surface area contributed by atoms with Crippen LogP contribution in [0.5, 0.6) is 5.75 Å². The highest BCUT2D eigenvalue weighted by Gasteiger charge is 2.47. The van der Waals surface area contributed by atoms with Crippen molar-refractivity contribution in [3.63, 3.8) is 0 Å². The number of pyridine rings is 1. The molecule has 16 heteroatoms. The average Bonchev–Trinajstić information content (AvgIpc) is 3.20. The molecule has 2 aromatic carbocycles. The van der Waals surface area contributed by atoms with Crippen molar-refractivity contribution < 1.29 is 37.1 Å². The van der Waals surface area contributed by atoms with E-state index in [2.05, 4.69) is 0 Å². The second kappa shape index (κ2) is 14.5. The van der Waals surface area contributed by atoms with Crippen LogP contribution in [0.3, 0.4) is 0 Å². The summed E-state index contributed by atoms with van der Waals surface area (Å²) in [7, 11) is -3.33. The van der Waals surface area contributed by atoms with Crippen LogP contribution in [0.15, 0.2) is 52.3 Å². The number of halogens is 2. The maximum Gasteiger partial charge on any atom is 0.325 e. The second-order valence-corrected chi connectivity index (χ2v) is 17.0. The Morgan fingerprint density at radius 3 is 2.59 bits per heavy atom. The van der Waals surface area contributed by atoms with Gasteiger partial charge in [0.25, 0.3) is 5.91 Å². The number of nitrogens with zero attached hydrogens (tertiary/aromatic N) is 3. The van der Waals surface area contributed by atoms with Gasteiger partial charge in [-0.3, -0.25) is 24.1 Å². The van der Waals surface area contributed by atoms with Gasteiger partial charge < -0.3 is 29.4 Å². The molecule has 1 aromatic heterocycles. The van der Waals surface area contributed by atoms with E-state index in [1.54, 1.807) is 5.01 Å². The highest BCUT2D eigenvalue weighted by molar-refractivity contribution is 7.98. The number of hydrogen-bond donors (Lipinski definition) is 1. The van der Waals surface area contributed by atoms with E-state index in [-0.39, 0.29) is 61.5 Å². The van der Waals surface area contributed by atoms with Gasteiger partial charge in [-0.2, -0.15) is 13.5 Å². The van der Waals surface area contributed by atoms with Crippen LogP contribution >= 0.6 is 32.4 Å². The number of carbonyl (C=O) groups is 2. The highest BCUT2D eigenvalue weighted by atomic mass is 32.2. The number of esters is 1. The van der Waals surface area contributed by atoms with E-state index < -0.39 is 66.9 Å². The van der Waals surface area contributed by atoms with Crippen molar-refractivity contribution in [3.8, 4) is 5.75 Å². The number of amides is 1. The standard InChI is InChI=1S/C33H37F2N4O7PS.H2S/c1-18(2)13-23(36)33(42)46-17-45-31-29-32(41)37-11-12-44-15-26(37)39(38(29)14-24(30(31)40)47(3,4)43)28-19-9-10-22(34)27(35)21(19)16-48-25-8-6-5-7-20(25)28;/h5-10,14,18,23,26,28H,11-13,15-17,36H2,1-4H3;1H2/t23-,26+,28-;/m0./s1. The van der Waals surface area contributed by atoms with Crippen LogP contribution in [0.2, 0.25) is 0 Å². The minimum atomic E-state index is -3.33. The van der Waals surface area contributed by atoms with E-state index in [4.69, 9.17) is 19.9 Å². The first-order valence-corrected chi connectivity index (χ1v) is 19.1. The van der Waals surface area contributed by atoms with Gasteiger partial charge in [0, 0.05) is 29.0 Å². The molecule has 0 saturated carbocycles. The maximum atomic E-state index is 15.5. The topological polar surface area (TPSA) is 133 Å². The summed E-state index contributed by atoms with van der Waals surface area (Å²) in [6.45, 7) is 6.33. The molecular weight excluding hydrogens is 697 g/mol. The summed E-state index contributed by atoms with van der Waals surface area (Å²) in [6, 6.07) is 8.28. The first kappa shape index (κ1) is 36.9. The Bertz CT molecular complexity index is 1890. The Morgan fingerprint density at radius 2 is 1.88 bits per heavy atom. The number of thioether (sulfide) groups is 1. The van der Waals surface area contributed by atoms with Gasteiger partial charge in [-0.1, -0.05) is 38.1 Å². The fraction of sp³-hybridized carbons (Fsp3) is 0.424. The van der Waals surface area contributed by atoms with Crippen LogP contribution < -0.4 is 26.2 Å². The van der Waals surface area contributed by atoms with E-state index in [9.17, 15) is 23.3 Å². The normalized spacial score (nSPS) is 19.1. The summed E-state index contributed by atoms with van der Waals surface area (Å²) in [5, 5.41) is 1.65. The monoisotopic (exact) mass is 736 g/mol. The average molecular weight is 737 g/mol. The fourth-order valence-corrected chi connectivity index (χ4v) is 8.49. The van der Waals surface area contributed by atoms with Crippen molar-refractivity contribution in [2.24, 2.45) is 11.7 Å². The van der Waals surface area contributed by atoms with E-state index in [1.165, 1.54) is 46.9 Å². The zero-order valence-electron chi connectivity index (χ0n) is 27.5. The number of nitrogens with two attached hydrogens (primary N) is 1. The Balaban J connectivity index is 0.00000468. The van der Waals surface area contributed by atoms with Crippen molar-refractivity contribution >= 4 is 49.6 Å². The molecule has 4 heterocycles. The molecule has 2 N–H and O–H groups in total.